The van der Waals surface area contributed by atoms with Crippen LogP contribution < -0.4 is 14.4 Å². The molecule has 1 saturated heterocycles. The van der Waals surface area contributed by atoms with Crippen molar-refractivity contribution in [3.8, 4) is 23.0 Å². The van der Waals surface area contributed by atoms with E-state index in [4.69, 9.17) is 19.6 Å². The SMILES string of the molecule is C[C@@H]1CN(C(=O)O)C[C@@H](C)N1c1ccc2c(-c3ccc(OCc4ccccc4)nc3OCc3ccccc3)nn(C)c2c1. The standard InChI is InChI=1S/C34H35N5O4/c1-23-19-38(34(40)41)20-24(2)39(23)27-14-15-28-30(18-27)37(3)36-32(28)29-16-17-31(42-21-25-10-6-4-7-11-25)35-33(29)43-22-26-12-8-5-9-13-26/h4-18,23-24H,19-22H2,1-3H3,(H,40,41)/t23-,24-/m1/s1. The number of aromatic nitrogens is 3. The summed E-state index contributed by atoms with van der Waals surface area (Å²) in [6.45, 7) is 5.80. The fourth-order valence-electron chi connectivity index (χ4n) is 5.84. The van der Waals surface area contributed by atoms with Gasteiger partial charge in [-0.15, -0.1) is 0 Å². The topological polar surface area (TPSA) is 93.0 Å². The van der Waals surface area contributed by atoms with Crippen LogP contribution in [0.15, 0.2) is 91.0 Å². The van der Waals surface area contributed by atoms with Gasteiger partial charge in [-0.2, -0.15) is 10.1 Å². The Morgan fingerprint density at radius 2 is 1.49 bits per heavy atom. The van der Waals surface area contributed by atoms with Gasteiger partial charge in [0.25, 0.3) is 0 Å². The molecule has 9 heteroatoms. The van der Waals surface area contributed by atoms with Gasteiger partial charge in [-0.3, -0.25) is 4.68 Å². The molecule has 2 atom stereocenters. The van der Waals surface area contributed by atoms with E-state index in [-0.39, 0.29) is 12.1 Å². The van der Waals surface area contributed by atoms with E-state index in [0.29, 0.717) is 38.1 Å². The van der Waals surface area contributed by atoms with Gasteiger partial charge < -0.3 is 24.4 Å². The molecule has 0 spiro atoms. The van der Waals surface area contributed by atoms with Gasteiger partial charge in [-0.1, -0.05) is 60.7 Å². The fraction of sp³-hybridized carbons (Fsp3) is 0.265. The van der Waals surface area contributed by atoms with E-state index >= 15 is 0 Å². The summed E-state index contributed by atoms with van der Waals surface area (Å²) in [4.78, 5) is 20.2. The maximum atomic E-state index is 11.6. The summed E-state index contributed by atoms with van der Waals surface area (Å²) in [6, 6.07) is 30.2. The minimum atomic E-state index is -0.875. The molecule has 0 bridgehead atoms. The normalized spacial score (nSPS) is 16.8. The van der Waals surface area contributed by atoms with Crippen molar-refractivity contribution in [3.05, 3.63) is 102 Å². The Hall–Kier alpha value is -5.05. The van der Waals surface area contributed by atoms with E-state index < -0.39 is 6.09 Å². The molecule has 5 aromatic rings. The third kappa shape index (κ3) is 5.97. The second-order valence-electron chi connectivity index (χ2n) is 11.0. The Bertz CT molecular complexity index is 1710. The highest BCUT2D eigenvalue weighted by Gasteiger charge is 2.32. The Morgan fingerprint density at radius 3 is 2.12 bits per heavy atom. The van der Waals surface area contributed by atoms with Crippen molar-refractivity contribution in [1.29, 1.82) is 0 Å². The smallest absolute Gasteiger partial charge is 0.407 e. The molecule has 43 heavy (non-hydrogen) atoms. The van der Waals surface area contributed by atoms with Gasteiger partial charge in [0.1, 0.15) is 18.9 Å². The Labute approximate surface area is 250 Å². The average molecular weight is 578 g/mol. The number of fused-ring (bicyclic) bond motifs is 1. The molecule has 9 nitrogen and oxygen atoms in total. The van der Waals surface area contributed by atoms with Crippen molar-refractivity contribution in [2.45, 2.75) is 39.1 Å². The molecule has 220 valence electrons. The van der Waals surface area contributed by atoms with Crippen molar-refractivity contribution in [1.82, 2.24) is 19.7 Å². The van der Waals surface area contributed by atoms with Crippen LogP contribution in [0.1, 0.15) is 25.0 Å². The first kappa shape index (κ1) is 28.1. The van der Waals surface area contributed by atoms with Crippen LogP contribution in [0.25, 0.3) is 22.2 Å². The number of nitrogens with zero attached hydrogens (tertiary/aromatic N) is 5. The van der Waals surface area contributed by atoms with Crippen LogP contribution in [0.3, 0.4) is 0 Å². The van der Waals surface area contributed by atoms with Crippen LogP contribution in [0.5, 0.6) is 11.8 Å². The van der Waals surface area contributed by atoms with E-state index in [1.165, 1.54) is 4.90 Å². The van der Waals surface area contributed by atoms with Gasteiger partial charge in [0.05, 0.1) is 11.1 Å². The number of anilines is 1. The number of hydrogen-bond acceptors (Lipinski definition) is 6. The molecule has 1 amide bonds. The number of amides is 1. The van der Waals surface area contributed by atoms with Gasteiger partial charge in [0.15, 0.2) is 0 Å². The number of carbonyl (C=O) groups is 1. The zero-order valence-corrected chi connectivity index (χ0v) is 24.6. The zero-order chi connectivity index (χ0) is 29.9. The summed E-state index contributed by atoms with van der Waals surface area (Å²) in [5.74, 6) is 0.923. The molecule has 1 fully saturated rings. The second-order valence-corrected chi connectivity index (χ2v) is 11.0. The fourth-order valence-corrected chi connectivity index (χ4v) is 5.84. The van der Waals surface area contributed by atoms with Crippen molar-refractivity contribution in [2.24, 2.45) is 7.05 Å². The van der Waals surface area contributed by atoms with Crippen LogP contribution in [0, 0.1) is 0 Å². The number of carboxylic acid groups (broad SMARTS) is 1. The van der Waals surface area contributed by atoms with Crippen molar-refractivity contribution >= 4 is 22.7 Å². The van der Waals surface area contributed by atoms with Crippen molar-refractivity contribution in [3.63, 3.8) is 0 Å². The van der Waals surface area contributed by atoms with Crippen LogP contribution >= 0.6 is 0 Å². The molecule has 1 aliphatic rings. The number of piperazine rings is 1. The van der Waals surface area contributed by atoms with Crippen molar-refractivity contribution < 1.29 is 19.4 Å². The predicted molar refractivity (Wildman–Crippen MR) is 166 cm³/mol. The molecule has 0 aliphatic carbocycles. The summed E-state index contributed by atoms with van der Waals surface area (Å²) in [5, 5.41) is 15.4. The zero-order valence-electron chi connectivity index (χ0n) is 24.6. The van der Waals surface area contributed by atoms with E-state index in [1.807, 2.05) is 84.5 Å². The van der Waals surface area contributed by atoms with Crippen LogP contribution in [-0.2, 0) is 20.3 Å². The summed E-state index contributed by atoms with van der Waals surface area (Å²) in [6.07, 6.45) is -0.875. The molecular formula is C34H35N5O4. The lowest BCUT2D eigenvalue weighted by atomic mass is 10.0. The van der Waals surface area contributed by atoms with E-state index in [2.05, 4.69) is 36.9 Å². The largest absolute Gasteiger partial charge is 0.473 e. The average Bonchev–Trinajstić information content (AvgIpc) is 3.35. The van der Waals surface area contributed by atoms with Gasteiger partial charge in [0.2, 0.25) is 11.8 Å². The Balaban J connectivity index is 1.33. The molecular weight excluding hydrogens is 542 g/mol. The Morgan fingerprint density at radius 1 is 0.860 bits per heavy atom. The quantitative estimate of drug-likeness (QED) is 0.229. The van der Waals surface area contributed by atoms with Crippen LogP contribution in [0.4, 0.5) is 10.5 Å². The van der Waals surface area contributed by atoms with Crippen LogP contribution in [0.2, 0.25) is 0 Å². The monoisotopic (exact) mass is 577 g/mol. The molecule has 0 radical (unpaired) electrons. The lowest BCUT2D eigenvalue weighted by Crippen LogP contribution is -2.58. The van der Waals surface area contributed by atoms with E-state index in [1.54, 1.807) is 0 Å². The van der Waals surface area contributed by atoms with E-state index in [9.17, 15) is 9.90 Å². The van der Waals surface area contributed by atoms with Gasteiger partial charge in [0, 0.05) is 49.4 Å². The summed E-state index contributed by atoms with van der Waals surface area (Å²) < 4.78 is 14.2. The Kier molecular flexibility index (Phi) is 7.87. The highest BCUT2D eigenvalue weighted by molar-refractivity contribution is 5.96. The number of ether oxygens (including phenoxy) is 2. The lowest BCUT2D eigenvalue weighted by Gasteiger charge is -2.45. The minimum absolute atomic E-state index is 0.0376. The number of aryl methyl sites for hydroxylation is 1. The first-order valence-corrected chi connectivity index (χ1v) is 14.4. The second kappa shape index (κ2) is 12.1. The first-order valence-electron chi connectivity index (χ1n) is 14.4. The minimum Gasteiger partial charge on any atom is -0.473 e. The molecule has 0 unspecified atom stereocenters. The first-order chi connectivity index (χ1) is 20.9. The lowest BCUT2D eigenvalue weighted by molar-refractivity contribution is 0.128. The number of benzene rings is 3. The van der Waals surface area contributed by atoms with Gasteiger partial charge in [-0.25, -0.2) is 4.79 Å². The highest BCUT2D eigenvalue weighted by atomic mass is 16.5. The molecule has 0 saturated carbocycles. The maximum Gasteiger partial charge on any atom is 0.407 e. The number of rotatable bonds is 8. The van der Waals surface area contributed by atoms with Gasteiger partial charge in [-0.05, 0) is 49.2 Å². The molecule has 1 N–H and O–H groups in total. The van der Waals surface area contributed by atoms with E-state index in [0.717, 1.165) is 39.0 Å². The highest BCUT2D eigenvalue weighted by Crippen LogP contribution is 2.37. The third-order valence-corrected chi connectivity index (χ3v) is 7.86. The maximum absolute atomic E-state index is 11.6. The molecule has 2 aromatic heterocycles. The summed E-state index contributed by atoms with van der Waals surface area (Å²) >= 11 is 0. The summed E-state index contributed by atoms with van der Waals surface area (Å²) in [5.41, 5.74) is 5.64. The third-order valence-electron chi connectivity index (χ3n) is 7.86. The predicted octanol–water partition coefficient (Wildman–Crippen LogP) is 6.37. The molecule has 1 aliphatic heterocycles. The van der Waals surface area contributed by atoms with Crippen LogP contribution in [-0.4, -0.2) is 56.0 Å². The number of pyridine rings is 1. The molecule has 3 heterocycles. The molecule has 3 aromatic carbocycles. The molecule has 6 rings (SSSR count). The number of hydrogen-bond donors (Lipinski definition) is 1. The van der Waals surface area contributed by atoms with Crippen molar-refractivity contribution in [2.75, 3.05) is 18.0 Å². The summed E-state index contributed by atoms with van der Waals surface area (Å²) in [7, 11) is 1.93. The van der Waals surface area contributed by atoms with Gasteiger partial charge >= 0.3 is 6.09 Å².